The highest BCUT2D eigenvalue weighted by molar-refractivity contribution is 9.10. The van der Waals surface area contributed by atoms with E-state index in [9.17, 15) is 0 Å². The van der Waals surface area contributed by atoms with Gasteiger partial charge in [-0.1, -0.05) is 40.2 Å². The molecule has 0 aliphatic heterocycles. The zero-order valence-electron chi connectivity index (χ0n) is 11.8. The smallest absolute Gasteiger partial charge is 0.111 e. The van der Waals surface area contributed by atoms with Crippen molar-refractivity contribution >= 4 is 38.6 Å². The van der Waals surface area contributed by atoms with Crippen LogP contribution in [0.5, 0.6) is 0 Å². The summed E-state index contributed by atoms with van der Waals surface area (Å²) in [6.07, 6.45) is 0.778. The third-order valence-electron chi connectivity index (χ3n) is 3.70. The van der Waals surface area contributed by atoms with Gasteiger partial charge in [-0.05, 0) is 36.2 Å². The van der Waals surface area contributed by atoms with Crippen LogP contribution in [0.15, 0.2) is 46.9 Å². The Morgan fingerprint density at radius 2 is 2.00 bits per heavy atom. The highest BCUT2D eigenvalue weighted by Crippen LogP contribution is 2.23. The van der Waals surface area contributed by atoms with Crippen molar-refractivity contribution in [2.24, 2.45) is 0 Å². The second-order valence-electron chi connectivity index (χ2n) is 5.11. The average Bonchev–Trinajstić information content (AvgIpc) is 2.79. The third-order valence-corrected chi connectivity index (χ3v) is 4.38. The number of fused-ring (bicyclic) bond motifs is 1. The molecule has 2 nitrogen and oxygen atoms in total. The topological polar surface area (TPSA) is 17.8 Å². The molecule has 0 aliphatic rings. The Morgan fingerprint density at radius 1 is 1.19 bits per heavy atom. The van der Waals surface area contributed by atoms with Gasteiger partial charge in [0.05, 0.1) is 11.0 Å². The molecule has 1 heterocycles. The van der Waals surface area contributed by atoms with E-state index in [0.717, 1.165) is 34.3 Å². The predicted octanol–water partition coefficient (Wildman–Crippen LogP) is 4.94. The van der Waals surface area contributed by atoms with Crippen molar-refractivity contribution in [1.82, 2.24) is 9.55 Å². The van der Waals surface area contributed by atoms with Gasteiger partial charge in [-0.25, -0.2) is 4.98 Å². The lowest BCUT2D eigenvalue weighted by atomic mass is 10.1. The molecular weight excluding hydrogens is 348 g/mol. The minimum atomic E-state index is 0.582. The molecular formula is C17H16BrClN2. The number of nitrogens with zero attached hydrogens (tertiary/aromatic N) is 2. The highest BCUT2D eigenvalue weighted by atomic mass is 79.9. The van der Waals surface area contributed by atoms with Gasteiger partial charge in [0.2, 0.25) is 0 Å². The monoisotopic (exact) mass is 362 g/mol. The van der Waals surface area contributed by atoms with Crippen LogP contribution < -0.4 is 0 Å². The van der Waals surface area contributed by atoms with Crippen LogP contribution in [0.1, 0.15) is 17.0 Å². The zero-order valence-corrected chi connectivity index (χ0v) is 14.2. The Bertz CT molecular complexity index is 780. The predicted molar refractivity (Wildman–Crippen MR) is 92.1 cm³/mol. The van der Waals surface area contributed by atoms with Gasteiger partial charge in [0.15, 0.2) is 0 Å². The van der Waals surface area contributed by atoms with E-state index in [4.69, 9.17) is 16.6 Å². The molecule has 0 spiro atoms. The molecule has 2 aromatic carbocycles. The van der Waals surface area contributed by atoms with Crippen molar-refractivity contribution in [2.45, 2.75) is 19.9 Å². The van der Waals surface area contributed by atoms with E-state index in [2.05, 4.69) is 57.8 Å². The molecule has 3 rings (SSSR count). The molecule has 3 aromatic rings. The second-order valence-corrected chi connectivity index (χ2v) is 6.41. The van der Waals surface area contributed by atoms with E-state index in [1.165, 1.54) is 11.1 Å². The van der Waals surface area contributed by atoms with Crippen LogP contribution in [0.4, 0.5) is 0 Å². The quantitative estimate of drug-likeness (QED) is 0.601. The van der Waals surface area contributed by atoms with Gasteiger partial charge in [0.25, 0.3) is 0 Å². The number of hydrogen-bond donors (Lipinski definition) is 0. The first-order valence-electron chi connectivity index (χ1n) is 6.94. The Hall–Kier alpha value is -1.32. The molecule has 0 bridgehead atoms. The maximum Gasteiger partial charge on any atom is 0.111 e. The Balaban J connectivity index is 2.12. The Labute approximate surface area is 137 Å². The summed E-state index contributed by atoms with van der Waals surface area (Å²) in [4.78, 5) is 4.73. The lowest BCUT2D eigenvalue weighted by Crippen LogP contribution is -2.07. The minimum Gasteiger partial charge on any atom is -0.323 e. The fraction of sp³-hybridized carbons (Fsp3) is 0.235. The van der Waals surface area contributed by atoms with Crippen LogP contribution >= 0.6 is 27.5 Å². The van der Waals surface area contributed by atoms with Crippen LogP contribution in [0.25, 0.3) is 11.0 Å². The van der Waals surface area contributed by atoms with E-state index < -0.39 is 0 Å². The second kappa shape index (κ2) is 6.20. The van der Waals surface area contributed by atoms with Gasteiger partial charge in [0, 0.05) is 23.3 Å². The van der Waals surface area contributed by atoms with Gasteiger partial charge >= 0.3 is 0 Å². The van der Waals surface area contributed by atoms with Gasteiger partial charge in [0.1, 0.15) is 5.82 Å². The van der Waals surface area contributed by atoms with Crippen LogP contribution in [-0.2, 0) is 13.0 Å². The molecule has 0 radical (unpaired) electrons. The summed E-state index contributed by atoms with van der Waals surface area (Å²) in [5.74, 6) is 1.62. The van der Waals surface area contributed by atoms with Crippen molar-refractivity contribution in [2.75, 3.05) is 5.88 Å². The van der Waals surface area contributed by atoms with Crippen LogP contribution in [0.3, 0.4) is 0 Å². The molecule has 21 heavy (non-hydrogen) atoms. The van der Waals surface area contributed by atoms with E-state index in [1.807, 2.05) is 12.1 Å². The largest absolute Gasteiger partial charge is 0.323 e. The number of alkyl halides is 1. The normalized spacial score (nSPS) is 11.2. The van der Waals surface area contributed by atoms with Crippen molar-refractivity contribution in [3.8, 4) is 0 Å². The summed E-state index contributed by atoms with van der Waals surface area (Å²) in [7, 11) is 0. The maximum atomic E-state index is 5.94. The summed E-state index contributed by atoms with van der Waals surface area (Å²) in [5.41, 5.74) is 4.78. The molecule has 0 saturated carbocycles. The summed E-state index contributed by atoms with van der Waals surface area (Å²) < 4.78 is 3.34. The van der Waals surface area contributed by atoms with Crippen LogP contribution in [-0.4, -0.2) is 15.4 Å². The summed E-state index contributed by atoms with van der Waals surface area (Å²) >= 11 is 9.49. The first kappa shape index (κ1) is 14.6. The first-order valence-corrected chi connectivity index (χ1v) is 8.27. The van der Waals surface area contributed by atoms with Crippen LogP contribution in [0, 0.1) is 6.92 Å². The first-order chi connectivity index (χ1) is 10.2. The van der Waals surface area contributed by atoms with Crippen molar-refractivity contribution in [3.05, 3.63) is 63.9 Å². The average molecular weight is 364 g/mol. The molecule has 0 fully saturated rings. The molecule has 0 aliphatic carbocycles. The Kier molecular flexibility index (Phi) is 4.32. The number of aryl methyl sites for hydroxylation is 2. The molecule has 0 amide bonds. The maximum absolute atomic E-state index is 5.94. The van der Waals surface area contributed by atoms with E-state index in [-0.39, 0.29) is 0 Å². The SMILES string of the molecule is Cc1ccccc1Cn1c(CCCl)nc2ccc(Br)cc21. The van der Waals surface area contributed by atoms with E-state index in [0.29, 0.717) is 5.88 Å². The van der Waals surface area contributed by atoms with Gasteiger partial charge in [-0.3, -0.25) is 0 Å². The lowest BCUT2D eigenvalue weighted by molar-refractivity contribution is 0.751. The van der Waals surface area contributed by atoms with Crippen molar-refractivity contribution < 1.29 is 0 Å². The van der Waals surface area contributed by atoms with Gasteiger partial charge in [-0.2, -0.15) is 0 Å². The number of rotatable bonds is 4. The number of imidazole rings is 1. The molecule has 0 atom stereocenters. The molecule has 0 N–H and O–H groups in total. The molecule has 108 valence electrons. The number of aromatic nitrogens is 2. The number of halogens is 2. The lowest BCUT2D eigenvalue weighted by Gasteiger charge is -2.11. The van der Waals surface area contributed by atoms with Crippen LogP contribution in [0.2, 0.25) is 0 Å². The van der Waals surface area contributed by atoms with Crippen molar-refractivity contribution in [3.63, 3.8) is 0 Å². The Morgan fingerprint density at radius 3 is 2.76 bits per heavy atom. The number of benzene rings is 2. The minimum absolute atomic E-state index is 0.582. The standard InChI is InChI=1S/C17H16BrClN2/c1-12-4-2-3-5-13(12)11-21-16-10-14(18)6-7-15(16)20-17(21)8-9-19/h2-7,10H,8-9,11H2,1H3. The summed E-state index contributed by atoms with van der Waals surface area (Å²) in [5, 5.41) is 0. The molecule has 0 saturated heterocycles. The van der Waals surface area contributed by atoms with Gasteiger partial charge in [-0.15, -0.1) is 11.6 Å². The molecule has 0 unspecified atom stereocenters. The highest BCUT2D eigenvalue weighted by Gasteiger charge is 2.12. The summed E-state index contributed by atoms with van der Waals surface area (Å²) in [6.45, 7) is 2.97. The number of hydrogen-bond acceptors (Lipinski definition) is 1. The third kappa shape index (κ3) is 2.99. The fourth-order valence-electron chi connectivity index (χ4n) is 2.56. The molecule has 1 aromatic heterocycles. The molecule has 4 heteroatoms. The summed E-state index contributed by atoms with van der Waals surface area (Å²) in [6, 6.07) is 14.7. The van der Waals surface area contributed by atoms with E-state index in [1.54, 1.807) is 0 Å². The van der Waals surface area contributed by atoms with Crippen molar-refractivity contribution in [1.29, 1.82) is 0 Å². The fourth-order valence-corrected chi connectivity index (χ4v) is 3.07. The van der Waals surface area contributed by atoms with Gasteiger partial charge < -0.3 is 4.57 Å². The van der Waals surface area contributed by atoms with E-state index >= 15 is 0 Å². The zero-order chi connectivity index (χ0) is 14.8.